The molecule has 1 aromatic heterocycles. The molecule has 0 radical (unpaired) electrons. The van der Waals surface area contributed by atoms with Gasteiger partial charge in [0.2, 0.25) is 11.1 Å². The van der Waals surface area contributed by atoms with Crippen molar-refractivity contribution in [2.24, 2.45) is 0 Å². The molecular formula is C19H20N4O2S. The molecule has 134 valence electrons. The molecule has 0 bridgehead atoms. The summed E-state index contributed by atoms with van der Waals surface area (Å²) in [5.74, 6) is 1.50. The number of rotatable bonds is 7. The molecule has 0 saturated carbocycles. The van der Waals surface area contributed by atoms with Crippen LogP contribution < -0.4 is 10.1 Å². The number of carbonyl (C=O) groups excluding carboxylic acids is 1. The number of aromatic amines is 1. The van der Waals surface area contributed by atoms with E-state index in [1.165, 1.54) is 11.8 Å². The molecule has 0 aliphatic heterocycles. The highest BCUT2D eigenvalue weighted by Gasteiger charge is 2.11. The molecule has 0 fully saturated rings. The molecule has 6 nitrogen and oxygen atoms in total. The van der Waals surface area contributed by atoms with Crippen molar-refractivity contribution in [3.05, 3.63) is 65.5 Å². The first-order chi connectivity index (χ1) is 12.6. The smallest absolute Gasteiger partial charge is 0.234 e. The number of thioether (sulfide) groups is 1. The molecule has 0 spiro atoms. The Morgan fingerprint density at radius 3 is 2.81 bits per heavy atom. The van der Waals surface area contributed by atoms with Crippen LogP contribution in [0, 0.1) is 6.92 Å². The van der Waals surface area contributed by atoms with Crippen LogP contribution >= 0.6 is 11.8 Å². The van der Waals surface area contributed by atoms with Crippen LogP contribution in [0.4, 0.5) is 5.69 Å². The summed E-state index contributed by atoms with van der Waals surface area (Å²) in [5, 5.41) is 10.5. The van der Waals surface area contributed by atoms with Crippen LogP contribution in [0.25, 0.3) is 0 Å². The quantitative estimate of drug-likeness (QED) is 0.625. The lowest BCUT2D eigenvalue weighted by Gasteiger charge is -2.10. The minimum Gasteiger partial charge on any atom is -0.495 e. The van der Waals surface area contributed by atoms with Gasteiger partial charge in [-0.1, -0.05) is 48.2 Å². The number of carbonyl (C=O) groups is 1. The average Bonchev–Trinajstić information content (AvgIpc) is 3.08. The summed E-state index contributed by atoms with van der Waals surface area (Å²) in [6, 6.07) is 15.7. The number of nitrogens with zero attached hydrogens (tertiary/aromatic N) is 2. The molecule has 26 heavy (non-hydrogen) atoms. The molecule has 3 rings (SSSR count). The standard InChI is InChI=1S/C19H20N4O2S/c1-13-8-9-16(25-2)15(10-13)20-18(24)12-26-19-21-17(22-23-19)11-14-6-4-3-5-7-14/h3-10H,11-12H2,1-2H3,(H,20,24)(H,21,22,23). The zero-order valence-corrected chi connectivity index (χ0v) is 15.5. The van der Waals surface area contributed by atoms with Crippen LogP contribution in [-0.2, 0) is 11.2 Å². The first kappa shape index (κ1) is 18.0. The Bertz CT molecular complexity index is 880. The van der Waals surface area contributed by atoms with Crippen LogP contribution in [0.2, 0.25) is 0 Å². The van der Waals surface area contributed by atoms with E-state index in [0.717, 1.165) is 17.0 Å². The molecular weight excluding hydrogens is 348 g/mol. The second-order valence-corrected chi connectivity index (χ2v) is 6.71. The van der Waals surface area contributed by atoms with Gasteiger partial charge in [-0.25, -0.2) is 4.98 Å². The molecule has 2 aromatic carbocycles. The molecule has 0 aliphatic carbocycles. The van der Waals surface area contributed by atoms with Gasteiger partial charge < -0.3 is 10.1 Å². The third-order valence-corrected chi connectivity index (χ3v) is 4.53. The van der Waals surface area contributed by atoms with Crippen molar-refractivity contribution in [1.82, 2.24) is 15.2 Å². The van der Waals surface area contributed by atoms with Gasteiger partial charge in [0.1, 0.15) is 11.6 Å². The third-order valence-electron chi connectivity index (χ3n) is 3.69. The Kier molecular flexibility index (Phi) is 5.91. The van der Waals surface area contributed by atoms with Crippen LogP contribution in [0.1, 0.15) is 17.0 Å². The molecule has 3 aromatic rings. The lowest BCUT2D eigenvalue weighted by atomic mass is 10.1. The van der Waals surface area contributed by atoms with Crippen molar-refractivity contribution >= 4 is 23.4 Å². The van der Waals surface area contributed by atoms with Gasteiger partial charge in [0.25, 0.3) is 0 Å². The van der Waals surface area contributed by atoms with E-state index in [9.17, 15) is 4.79 Å². The van der Waals surface area contributed by atoms with E-state index in [-0.39, 0.29) is 11.7 Å². The van der Waals surface area contributed by atoms with Crippen LogP contribution in [0.5, 0.6) is 5.75 Å². The maximum absolute atomic E-state index is 12.2. The first-order valence-electron chi connectivity index (χ1n) is 8.16. The monoisotopic (exact) mass is 368 g/mol. The van der Waals surface area contributed by atoms with Crippen molar-refractivity contribution in [3.63, 3.8) is 0 Å². The summed E-state index contributed by atoms with van der Waals surface area (Å²) in [6.45, 7) is 1.96. The highest BCUT2D eigenvalue weighted by molar-refractivity contribution is 7.99. The molecule has 1 amide bonds. The minimum absolute atomic E-state index is 0.131. The Labute approximate surface area is 156 Å². The van der Waals surface area contributed by atoms with E-state index in [4.69, 9.17) is 4.74 Å². The number of ether oxygens (including phenoxy) is 1. The molecule has 0 saturated heterocycles. The Morgan fingerprint density at radius 2 is 2.04 bits per heavy atom. The van der Waals surface area contributed by atoms with E-state index in [0.29, 0.717) is 23.0 Å². The number of nitrogens with one attached hydrogen (secondary N) is 2. The Morgan fingerprint density at radius 1 is 1.23 bits per heavy atom. The zero-order chi connectivity index (χ0) is 18.4. The molecule has 0 atom stereocenters. The van der Waals surface area contributed by atoms with Crippen molar-refractivity contribution in [1.29, 1.82) is 0 Å². The van der Waals surface area contributed by atoms with Gasteiger partial charge in [0, 0.05) is 6.42 Å². The Balaban J connectivity index is 1.54. The average molecular weight is 368 g/mol. The fraction of sp³-hybridized carbons (Fsp3) is 0.211. The maximum atomic E-state index is 12.2. The predicted molar refractivity (Wildman–Crippen MR) is 103 cm³/mol. The summed E-state index contributed by atoms with van der Waals surface area (Å²) in [6.07, 6.45) is 0.682. The van der Waals surface area contributed by atoms with Gasteiger partial charge in [-0.3, -0.25) is 9.89 Å². The van der Waals surface area contributed by atoms with Crippen molar-refractivity contribution in [2.75, 3.05) is 18.2 Å². The van der Waals surface area contributed by atoms with Gasteiger partial charge in [-0.15, -0.1) is 5.10 Å². The number of hydrogen-bond acceptors (Lipinski definition) is 5. The van der Waals surface area contributed by atoms with Crippen molar-refractivity contribution < 1.29 is 9.53 Å². The number of hydrogen-bond donors (Lipinski definition) is 2. The summed E-state index contributed by atoms with van der Waals surface area (Å²) < 4.78 is 5.27. The van der Waals surface area contributed by atoms with Gasteiger partial charge >= 0.3 is 0 Å². The molecule has 1 heterocycles. The SMILES string of the molecule is COc1ccc(C)cc1NC(=O)CSc1n[nH]c(Cc2ccccc2)n1. The second kappa shape index (κ2) is 8.53. The topological polar surface area (TPSA) is 79.9 Å². The Hall–Kier alpha value is -2.80. The maximum Gasteiger partial charge on any atom is 0.234 e. The summed E-state index contributed by atoms with van der Waals surface area (Å²) in [5.41, 5.74) is 2.87. The predicted octanol–water partition coefficient (Wildman–Crippen LogP) is 3.44. The lowest BCUT2D eigenvalue weighted by molar-refractivity contribution is -0.113. The molecule has 2 N–H and O–H groups in total. The van der Waals surface area contributed by atoms with E-state index in [2.05, 4.69) is 20.5 Å². The van der Waals surface area contributed by atoms with Gasteiger partial charge in [0.15, 0.2) is 0 Å². The van der Waals surface area contributed by atoms with Gasteiger partial charge in [0.05, 0.1) is 18.6 Å². The summed E-state index contributed by atoms with van der Waals surface area (Å²) in [4.78, 5) is 16.6. The molecule has 0 aliphatic rings. The van der Waals surface area contributed by atoms with E-state index in [1.54, 1.807) is 7.11 Å². The largest absolute Gasteiger partial charge is 0.495 e. The minimum atomic E-state index is -0.131. The lowest BCUT2D eigenvalue weighted by Crippen LogP contribution is -2.15. The van der Waals surface area contributed by atoms with Crippen LogP contribution in [0.3, 0.4) is 0 Å². The van der Waals surface area contributed by atoms with Crippen LogP contribution in [0.15, 0.2) is 53.7 Å². The fourth-order valence-corrected chi connectivity index (χ4v) is 3.06. The highest BCUT2D eigenvalue weighted by atomic mass is 32.2. The number of aromatic nitrogens is 3. The number of H-pyrrole nitrogens is 1. The van der Waals surface area contributed by atoms with E-state index >= 15 is 0 Å². The van der Waals surface area contributed by atoms with Crippen LogP contribution in [-0.4, -0.2) is 34.0 Å². The number of methoxy groups -OCH3 is 1. The number of amides is 1. The summed E-state index contributed by atoms with van der Waals surface area (Å²) >= 11 is 1.29. The number of anilines is 1. The molecule has 0 unspecified atom stereocenters. The molecule has 7 heteroatoms. The number of aryl methyl sites for hydroxylation is 1. The van der Waals surface area contributed by atoms with Gasteiger partial charge in [-0.2, -0.15) is 0 Å². The van der Waals surface area contributed by atoms with E-state index < -0.39 is 0 Å². The highest BCUT2D eigenvalue weighted by Crippen LogP contribution is 2.25. The van der Waals surface area contributed by atoms with Crippen molar-refractivity contribution in [2.45, 2.75) is 18.5 Å². The zero-order valence-electron chi connectivity index (χ0n) is 14.7. The normalized spacial score (nSPS) is 10.5. The first-order valence-corrected chi connectivity index (χ1v) is 9.15. The summed E-state index contributed by atoms with van der Waals surface area (Å²) in [7, 11) is 1.58. The van der Waals surface area contributed by atoms with E-state index in [1.807, 2.05) is 55.5 Å². The third kappa shape index (κ3) is 4.86. The number of benzene rings is 2. The second-order valence-electron chi connectivity index (χ2n) is 5.77. The van der Waals surface area contributed by atoms with Gasteiger partial charge in [-0.05, 0) is 30.2 Å². The fourth-order valence-electron chi connectivity index (χ4n) is 2.45. The van der Waals surface area contributed by atoms with Crippen molar-refractivity contribution in [3.8, 4) is 5.75 Å².